The maximum Gasteiger partial charge on any atom is 0.338 e. The monoisotopic (exact) mass is 598 g/mol. The van der Waals surface area contributed by atoms with Crippen molar-refractivity contribution in [3.05, 3.63) is 71.8 Å². The van der Waals surface area contributed by atoms with Gasteiger partial charge < -0.3 is 43.7 Å². The SMILES string of the molecule is CO[C@@H]1O[C@@]2(C)CC(=O)[C@H]3C[C@]2(O[C@@H]2O[C@H](COC(=O)c4ccccc4)[C@@H](O)[C@H](O)[C@H]2O)[C@]13COC(=O)c1ccccc1. The van der Waals surface area contributed by atoms with E-state index in [-0.39, 0.29) is 30.8 Å². The van der Waals surface area contributed by atoms with E-state index in [2.05, 4.69) is 0 Å². The zero-order valence-electron chi connectivity index (χ0n) is 23.7. The summed E-state index contributed by atoms with van der Waals surface area (Å²) in [5.41, 5.74) is -3.31. The Labute approximate surface area is 247 Å². The van der Waals surface area contributed by atoms with Gasteiger partial charge in [-0.05, 0) is 37.6 Å². The number of rotatable bonds is 9. The summed E-state index contributed by atoms with van der Waals surface area (Å²) >= 11 is 0. The Morgan fingerprint density at radius 3 is 2.12 bits per heavy atom. The molecule has 2 heterocycles. The van der Waals surface area contributed by atoms with Gasteiger partial charge in [0.25, 0.3) is 0 Å². The number of benzene rings is 2. The number of ketones is 1. The van der Waals surface area contributed by atoms with Crippen LogP contribution in [0.2, 0.25) is 0 Å². The van der Waals surface area contributed by atoms with Gasteiger partial charge >= 0.3 is 11.9 Å². The number of ether oxygens (including phenoxy) is 6. The van der Waals surface area contributed by atoms with Crippen LogP contribution in [0.4, 0.5) is 0 Å². The molecule has 3 saturated carbocycles. The van der Waals surface area contributed by atoms with E-state index in [9.17, 15) is 29.7 Å². The van der Waals surface area contributed by atoms with Gasteiger partial charge in [0.2, 0.25) is 0 Å². The molecular weight excluding hydrogens is 564 g/mol. The summed E-state index contributed by atoms with van der Waals surface area (Å²) in [6.07, 6.45) is -8.70. The third kappa shape index (κ3) is 4.51. The predicted octanol–water partition coefficient (Wildman–Crippen LogP) is 1.00. The number of fused-ring (bicyclic) bond motifs is 1. The summed E-state index contributed by atoms with van der Waals surface area (Å²) in [5.74, 6) is -2.02. The Hall–Kier alpha value is -3.23. The Bertz CT molecular complexity index is 1370. The third-order valence-electron chi connectivity index (χ3n) is 9.45. The van der Waals surface area contributed by atoms with Crippen molar-refractivity contribution in [1.29, 1.82) is 0 Å². The lowest BCUT2D eigenvalue weighted by Crippen LogP contribution is -2.80. The van der Waals surface area contributed by atoms with Crippen LogP contribution in [0.25, 0.3) is 0 Å². The van der Waals surface area contributed by atoms with Crippen LogP contribution in [0.5, 0.6) is 0 Å². The molecule has 5 aliphatic rings. The van der Waals surface area contributed by atoms with Gasteiger partial charge in [0.15, 0.2) is 12.6 Å². The molecule has 4 bridgehead atoms. The summed E-state index contributed by atoms with van der Waals surface area (Å²) in [6.45, 7) is 0.949. The minimum atomic E-state index is -1.71. The number of esters is 2. The predicted molar refractivity (Wildman–Crippen MR) is 144 cm³/mol. The van der Waals surface area contributed by atoms with Gasteiger partial charge in [-0.25, -0.2) is 9.59 Å². The van der Waals surface area contributed by atoms with Crippen LogP contribution < -0.4 is 0 Å². The Morgan fingerprint density at radius 1 is 0.907 bits per heavy atom. The second-order valence-electron chi connectivity index (χ2n) is 11.7. The van der Waals surface area contributed by atoms with Crippen LogP contribution in [-0.4, -0.2) is 102 Å². The molecule has 5 fully saturated rings. The largest absolute Gasteiger partial charge is 0.461 e. The van der Waals surface area contributed by atoms with E-state index in [4.69, 9.17) is 28.4 Å². The van der Waals surface area contributed by atoms with E-state index in [1.165, 1.54) is 7.11 Å². The van der Waals surface area contributed by atoms with E-state index < -0.39 is 78.1 Å². The van der Waals surface area contributed by atoms with Gasteiger partial charge in [-0.1, -0.05) is 36.4 Å². The van der Waals surface area contributed by atoms with E-state index in [0.29, 0.717) is 5.56 Å². The van der Waals surface area contributed by atoms with Gasteiger partial charge in [-0.2, -0.15) is 0 Å². The third-order valence-corrected chi connectivity index (χ3v) is 9.45. The first-order valence-corrected chi connectivity index (χ1v) is 14.1. The molecule has 43 heavy (non-hydrogen) atoms. The summed E-state index contributed by atoms with van der Waals surface area (Å²) in [5, 5.41) is 32.3. The van der Waals surface area contributed by atoms with Crippen molar-refractivity contribution in [1.82, 2.24) is 0 Å². The average molecular weight is 599 g/mol. The quantitative estimate of drug-likeness (QED) is 0.351. The molecule has 3 aliphatic carbocycles. The van der Waals surface area contributed by atoms with Gasteiger partial charge in [0.1, 0.15) is 54.6 Å². The van der Waals surface area contributed by atoms with Crippen molar-refractivity contribution < 1.29 is 58.1 Å². The molecule has 0 amide bonds. The van der Waals surface area contributed by atoms with Gasteiger partial charge in [0, 0.05) is 19.4 Å². The maximum absolute atomic E-state index is 13.3. The number of carbonyl (C=O) groups excluding carboxylic acids is 3. The molecule has 230 valence electrons. The first-order chi connectivity index (χ1) is 20.6. The minimum Gasteiger partial charge on any atom is -0.461 e. The van der Waals surface area contributed by atoms with Crippen molar-refractivity contribution >= 4 is 17.7 Å². The van der Waals surface area contributed by atoms with Crippen molar-refractivity contribution in [2.24, 2.45) is 11.3 Å². The standard InChI is InChI=1S/C31H34O12/c1-29-14-20(32)19-13-31(29,30(19,28(38-2)43-29)16-40-26(37)18-11-7-4-8-12-18)42-27-24(35)23(34)22(33)21(41-27)15-39-25(36)17-9-5-3-6-10-17/h3-12,19,21-24,27-28,33-35H,13-16H2,1-2H3/t19-,21-,22-,23+,24-,27+,28-,29+,30+,31-/m1/s1. The molecule has 0 spiro atoms. The zero-order chi connectivity index (χ0) is 30.6. The molecular formula is C31H34O12. The highest BCUT2D eigenvalue weighted by atomic mass is 16.8. The van der Waals surface area contributed by atoms with Crippen LogP contribution in [0, 0.1) is 11.3 Å². The lowest BCUT2D eigenvalue weighted by molar-refractivity contribution is -0.381. The second-order valence-corrected chi connectivity index (χ2v) is 11.7. The highest BCUT2D eigenvalue weighted by molar-refractivity contribution is 5.90. The fourth-order valence-corrected chi connectivity index (χ4v) is 7.18. The number of methoxy groups -OCH3 is 1. The molecule has 0 aromatic heterocycles. The maximum atomic E-state index is 13.3. The molecule has 2 aliphatic heterocycles. The Morgan fingerprint density at radius 2 is 1.51 bits per heavy atom. The number of aliphatic hydroxyl groups excluding tert-OH is 3. The highest BCUT2D eigenvalue weighted by Gasteiger charge is 2.87. The fourth-order valence-electron chi connectivity index (χ4n) is 7.18. The zero-order valence-corrected chi connectivity index (χ0v) is 23.7. The Balaban J connectivity index is 1.26. The lowest BCUT2D eigenvalue weighted by Gasteiger charge is -2.66. The molecule has 7 rings (SSSR count). The summed E-state index contributed by atoms with van der Waals surface area (Å²) < 4.78 is 35.5. The molecule has 0 unspecified atom stereocenters. The molecule has 10 atom stereocenters. The van der Waals surface area contributed by atoms with Gasteiger partial charge in [-0.3, -0.25) is 4.79 Å². The van der Waals surface area contributed by atoms with Crippen LogP contribution >= 0.6 is 0 Å². The fraction of sp³-hybridized carbons (Fsp3) is 0.516. The summed E-state index contributed by atoms with van der Waals surface area (Å²) in [6, 6.07) is 16.6. The highest BCUT2D eigenvalue weighted by Crippen LogP contribution is 2.74. The van der Waals surface area contributed by atoms with E-state index in [1.807, 2.05) is 0 Å². The van der Waals surface area contributed by atoms with E-state index in [1.54, 1.807) is 67.6 Å². The van der Waals surface area contributed by atoms with Crippen LogP contribution in [-0.2, 0) is 33.2 Å². The van der Waals surface area contributed by atoms with Crippen molar-refractivity contribution in [3.8, 4) is 0 Å². The van der Waals surface area contributed by atoms with Crippen LogP contribution in [0.3, 0.4) is 0 Å². The van der Waals surface area contributed by atoms with Gasteiger partial charge in [0.05, 0.1) is 16.5 Å². The normalized spacial score (nSPS) is 39.6. The molecule has 12 nitrogen and oxygen atoms in total. The minimum absolute atomic E-state index is 0.0297. The molecule has 2 aromatic rings. The first kappa shape index (κ1) is 29.8. The van der Waals surface area contributed by atoms with Crippen LogP contribution in [0.1, 0.15) is 40.5 Å². The number of Topliss-reactive ketones (excluding diaryl/α,β-unsaturated/α-hetero) is 1. The second kappa shape index (κ2) is 11.0. The van der Waals surface area contributed by atoms with E-state index in [0.717, 1.165) is 0 Å². The lowest BCUT2D eigenvalue weighted by atomic mass is 9.41. The van der Waals surface area contributed by atoms with Crippen molar-refractivity contribution in [2.45, 2.75) is 68.0 Å². The molecule has 3 N–H and O–H groups in total. The van der Waals surface area contributed by atoms with Crippen molar-refractivity contribution in [3.63, 3.8) is 0 Å². The first-order valence-electron chi connectivity index (χ1n) is 14.1. The van der Waals surface area contributed by atoms with Gasteiger partial charge in [-0.15, -0.1) is 0 Å². The number of hydrogen-bond donors (Lipinski definition) is 3. The molecule has 2 aromatic carbocycles. The molecule has 0 radical (unpaired) electrons. The molecule has 12 heteroatoms. The smallest absolute Gasteiger partial charge is 0.338 e. The average Bonchev–Trinajstić information content (AvgIpc) is 3.10. The van der Waals surface area contributed by atoms with Crippen molar-refractivity contribution in [2.75, 3.05) is 20.3 Å². The molecule has 2 saturated heterocycles. The van der Waals surface area contributed by atoms with E-state index >= 15 is 0 Å². The summed E-state index contributed by atoms with van der Waals surface area (Å²) in [4.78, 5) is 38.7. The number of hydrogen-bond acceptors (Lipinski definition) is 12. The summed E-state index contributed by atoms with van der Waals surface area (Å²) in [7, 11) is 1.41. The number of aliphatic hydroxyl groups is 3. The Kier molecular flexibility index (Phi) is 7.66. The number of carbonyl (C=O) groups is 3. The van der Waals surface area contributed by atoms with Crippen LogP contribution in [0.15, 0.2) is 60.7 Å². The topological polar surface area (TPSA) is 167 Å².